The molecule has 0 aromatic carbocycles. The molecule has 0 aromatic heterocycles. The van der Waals surface area contributed by atoms with Gasteiger partial charge >= 0.3 is 5.97 Å². The Hall–Kier alpha value is -0.910. The Bertz CT molecular complexity index is 811. The molecule has 4 aliphatic rings. The largest absolute Gasteiger partial charge is 0.480 e. The number of hydrogen-bond acceptors (Lipinski definition) is 4. The van der Waals surface area contributed by atoms with Gasteiger partial charge in [-0.2, -0.15) is 5.06 Å². The number of carbonyl (C=O) groups is 1. The number of carboxylic acid groups (broad SMARTS) is 1. The van der Waals surface area contributed by atoms with Crippen LogP contribution in [0.4, 0.5) is 0 Å². The summed E-state index contributed by atoms with van der Waals surface area (Å²) in [4.78, 5) is 10.7. The van der Waals surface area contributed by atoms with Crippen LogP contribution in [-0.4, -0.2) is 47.1 Å². The van der Waals surface area contributed by atoms with Crippen molar-refractivity contribution in [1.29, 1.82) is 0 Å². The number of carboxylic acids is 1. The van der Waals surface area contributed by atoms with Crippen LogP contribution in [-0.2, 0) is 9.53 Å². The van der Waals surface area contributed by atoms with Gasteiger partial charge in [0.15, 0.2) is 0 Å². The van der Waals surface area contributed by atoms with Gasteiger partial charge in [-0.1, -0.05) is 65.5 Å². The van der Waals surface area contributed by atoms with Gasteiger partial charge in [0.1, 0.15) is 6.54 Å². The topological polar surface area (TPSA) is 70.0 Å². The van der Waals surface area contributed by atoms with Crippen LogP contribution >= 0.6 is 0 Å². The molecular weight excluding hydrogens is 462 g/mol. The van der Waals surface area contributed by atoms with Gasteiger partial charge in [0.2, 0.25) is 0 Å². The molecule has 4 aliphatic carbocycles. The van der Waals surface area contributed by atoms with Crippen LogP contribution in [0.3, 0.4) is 0 Å². The summed E-state index contributed by atoms with van der Waals surface area (Å²) in [5.41, 5.74) is 2.54. The Morgan fingerprint density at radius 3 is 2.59 bits per heavy atom. The number of fused-ring (bicyclic) bond motifs is 5. The van der Waals surface area contributed by atoms with Gasteiger partial charge in [0.05, 0.1) is 6.10 Å². The Morgan fingerprint density at radius 1 is 1.08 bits per heavy atom. The summed E-state index contributed by atoms with van der Waals surface area (Å²) in [6, 6.07) is 0. The summed E-state index contributed by atoms with van der Waals surface area (Å²) in [7, 11) is 0. The lowest BCUT2D eigenvalue weighted by atomic mass is 9.47. The van der Waals surface area contributed by atoms with Gasteiger partial charge in [-0.3, -0.25) is 4.79 Å². The first kappa shape index (κ1) is 29.1. The van der Waals surface area contributed by atoms with Crippen molar-refractivity contribution < 1.29 is 19.8 Å². The first-order valence-electron chi connectivity index (χ1n) is 15.5. The van der Waals surface area contributed by atoms with E-state index in [2.05, 4.69) is 40.7 Å². The summed E-state index contributed by atoms with van der Waals surface area (Å²) in [6.07, 6.45) is 18.1. The molecule has 0 amide bonds. The maximum atomic E-state index is 10.7. The molecule has 0 aliphatic heterocycles. The Morgan fingerprint density at radius 2 is 1.86 bits per heavy atom. The molecule has 212 valence electrons. The van der Waals surface area contributed by atoms with Crippen LogP contribution in [0, 0.1) is 46.3 Å². The van der Waals surface area contributed by atoms with E-state index in [-0.39, 0.29) is 12.6 Å². The van der Waals surface area contributed by atoms with E-state index in [1.54, 1.807) is 5.57 Å². The van der Waals surface area contributed by atoms with Crippen molar-refractivity contribution in [2.45, 2.75) is 118 Å². The minimum Gasteiger partial charge on any atom is -0.480 e. The molecule has 4 rings (SSSR count). The highest BCUT2D eigenvalue weighted by Gasteiger charge is 2.59. The number of ether oxygens (including phenoxy) is 1. The fourth-order valence-corrected chi connectivity index (χ4v) is 9.53. The van der Waals surface area contributed by atoms with Crippen LogP contribution < -0.4 is 0 Å². The third-order valence-electron chi connectivity index (χ3n) is 11.5. The number of nitrogens with zero attached hydrogens (tertiary/aromatic N) is 1. The maximum Gasteiger partial charge on any atom is 0.320 e. The van der Waals surface area contributed by atoms with Crippen LogP contribution in [0.25, 0.3) is 0 Å². The normalized spacial score (nSPS) is 38.2. The van der Waals surface area contributed by atoms with E-state index in [1.807, 2.05) is 0 Å². The molecular formula is C32H55NO4. The smallest absolute Gasteiger partial charge is 0.320 e. The van der Waals surface area contributed by atoms with Crippen LogP contribution in [0.1, 0.15) is 112 Å². The zero-order valence-electron chi connectivity index (χ0n) is 24.4. The zero-order valence-corrected chi connectivity index (χ0v) is 24.4. The summed E-state index contributed by atoms with van der Waals surface area (Å²) >= 11 is 0. The molecule has 0 heterocycles. The molecule has 0 bridgehead atoms. The fourth-order valence-electron chi connectivity index (χ4n) is 9.53. The lowest BCUT2D eigenvalue weighted by molar-refractivity contribution is -0.154. The van der Waals surface area contributed by atoms with Crippen LogP contribution in [0.15, 0.2) is 11.6 Å². The number of rotatable bonds is 12. The first-order valence-corrected chi connectivity index (χ1v) is 15.5. The average Bonchev–Trinajstić information content (AvgIpc) is 3.18. The van der Waals surface area contributed by atoms with E-state index in [0.29, 0.717) is 30.4 Å². The summed E-state index contributed by atoms with van der Waals surface area (Å²) in [6.45, 7) is 13.1. The number of aliphatic carboxylic acids is 1. The Balaban J connectivity index is 1.32. The summed E-state index contributed by atoms with van der Waals surface area (Å²) in [5.74, 6) is 4.20. The van der Waals surface area contributed by atoms with Crippen molar-refractivity contribution in [2.24, 2.45) is 46.3 Å². The van der Waals surface area contributed by atoms with Crippen molar-refractivity contribution in [3.05, 3.63) is 11.6 Å². The highest BCUT2D eigenvalue weighted by atomic mass is 16.5. The fraction of sp³-hybridized carbons (Fsp3) is 0.906. The predicted octanol–water partition coefficient (Wildman–Crippen LogP) is 7.58. The zero-order chi connectivity index (χ0) is 26.8. The minimum absolute atomic E-state index is 0.263. The monoisotopic (exact) mass is 517 g/mol. The standard InChI is InChI=1S/C32H55NO4/c1-22(2)8-6-9-23(3)27-12-13-28-26-11-10-24-20-25(37-19-7-18-33(36)21-30(34)35)14-16-31(24,4)29(26)15-17-32(27,28)5/h10,22-23,25-29,36H,6-9,11-21H2,1-5H3,(H,34,35)/t23-,25+,26?,27?,28?,29?,31+,32-/m1/s1. The minimum atomic E-state index is -1.01. The molecule has 0 radical (unpaired) electrons. The molecule has 5 heteroatoms. The number of allylic oxidation sites excluding steroid dienone is 1. The molecule has 3 fully saturated rings. The molecule has 2 N–H and O–H groups in total. The molecule has 0 saturated heterocycles. The second-order valence-corrected chi connectivity index (χ2v) is 14.2. The summed E-state index contributed by atoms with van der Waals surface area (Å²) in [5, 5.41) is 19.3. The third-order valence-corrected chi connectivity index (χ3v) is 11.5. The van der Waals surface area contributed by atoms with Gasteiger partial charge in [-0.05, 0) is 104 Å². The lowest BCUT2D eigenvalue weighted by Crippen LogP contribution is -2.51. The molecule has 5 nitrogen and oxygen atoms in total. The van der Waals surface area contributed by atoms with E-state index < -0.39 is 5.97 Å². The lowest BCUT2D eigenvalue weighted by Gasteiger charge is -2.58. The Kier molecular flexibility index (Phi) is 9.50. The van der Waals surface area contributed by atoms with E-state index in [9.17, 15) is 10.0 Å². The second kappa shape index (κ2) is 12.1. The SMILES string of the molecule is CC(C)CCC[C@@H](C)C1CCC2C3CC=C4C[C@@H](OCCCN(O)CC(=O)O)CC[C@]4(C)C3CC[C@@]21C. The highest BCUT2D eigenvalue weighted by Crippen LogP contribution is 2.67. The van der Waals surface area contributed by atoms with Crippen molar-refractivity contribution in [3.8, 4) is 0 Å². The van der Waals surface area contributed by atoms with Gasteiger partial charge in [-0.15, -0.1) is 0 Å². The highest BCUT2D eigenvalue weighted by molar-refractivity contribution is 5.68. The molecule has 4 unspecified atom stereocenters. The first-order chi connectivity index (χ1) is 17.5. The molecule has 3 saturated carbocycles. The molecule has 0 spiro atoms. The average molecular weight is 518 g/mol. The molecule has 37 heavy (non-hydrogen) atoms. The number of hydroxylamine groups is 2. The van der Waals surface area contributed by atoms with Gasteiger partial charge in [0.25, 0.3) is 0 Å². The molecule has 8 atom stereocenters. The Labute approximate surface area is 226 Å². The van der Waals surface area contributed by atoms with Crippen LogP contribution in [0.2, 0.25) is 0 Å². The van der Waals surface area contributed by atoms with Gasteiger partial charge < -0.3 is 15.1 Å². The maximum absolute atomic E-state index is 10.7. The van der Waals surface area contributed by atoms with Crippen molar-refractivity contribution in [3.63, 3.8) is 0 Å². The molecule has 0 aromatic rings. The van der Waals surface area contributed by atoms with Gasteiger partial charge in [-0.25, -0.2) is 0 Å². The predicted molar refractivity (Wildman–Crippen MR) is 148 cm³/mol. The van der Waals surface area contributed by atoms with E-state index in [4.69, 9.17) is 9.84 Å². The second-order valence-electron chi connectivity index (χ2n) is 14.2. The number of hydrogen-bond donors (Lipinski definition) is 2. The summed E-state index contributed by atoms with van der Waals surface area (Å²) < 4.78 is 6.21. The van der Waals surface area contributed by atoms with Crippen molar-refractivity contribution in [1.82, 2.24) is 5.06 Å². The van der Waals surface area contributed by atoms with Crippen molar-refractivity contribution in [2.75, 3.05) is 19.7 Å². The van der Waals surface area contributed by atoms with E-state index in [1.165, 1.54) is 57.8 Å². The van der Waals surface area contributed by atoms with E-state index >= 15 is 0 Å². The van der Waals surface area contributed by atoms with E-state index in [0.717, 1.165) is 53.4 Å². The quantitative estimate of drug-likeness (QED) is 0.159. The van der Waals surface area contributed by atoms with Gasteiger partial charge in [0, 0.05) is 13.2 Å². The van der Waals surface area contributed by atoms with Crippen molar-refractivity contribution >= 4 is 5.97 Å². The third kappa shape index (κ3) is 6.30. The van der Waals surface area contributed by atoms with Crippen LogP contribution in [0.5, 0.6) is 0 Å².